The third kappa shape index (κ3) is 8.01. The van der Waals surface area contributed by atoms with Gasteiger partial charge in [0, 0.05) is 68.4 Å². The first-order chi connectivity index (χ1) is 34.3. The smallest absolute Gasteiger partial charge is 0.456 e. The SMILES string of the molecule is Clc1ccc2sc3c(-c4ccccc4)nc(-c4cccc5c4oc4ccccc45)nc3c2c1.Clc1ccc2sc3c(-c4ccccc4)nc(Cl)nc3c2c1.OB(O)c1cccc2c1oc1ccccc12. The highest BCUT2D eigenvalue weighted by atomic mass is 35.5. The summed E-state index contributed by atoms with van der Waals surface area (Å²) in [6.45, 7) is 0. The number of hydrogen-bond donors (Lipinski definition) is 2. The Kier molecular flexibility index (Phi) is 11.5. The molecular weight excluding hydrogens is 974 g/mol. The molecule has 0 spiro atoms. The second-order valence-electron chi connectivity index (χ2n) is 16.3. The molecule has 0 aliphatic rings. The molecule has 0 amide bonds. The van der Waals surface area contributed by atoms with Crippen LogP contribution in [0.15, 0.2) is 191 Å². The van der Waals surface area contributed by atoms with Crippen LogP contribution in [0.3, 0.4) is 0 Å². The molecule has 70 heavy (non-hydrogen) atoms. The maximum Gasteiger partial charge on any atom is 0.492 e. The molecule has 0 saturated carbocycles. The maximum absolute atomic E-state index is 9.24. The summed E-state index contributed by atoms with van der Waals surface area (Å²) >= 11 is 21.9. The average molecular weight is 1010 g/mol. The number of benzene rings is 8. The zero-order valence-corrected chi connectivity index (χ0v) is 40.2. The molecule has 14 rings (SSSR count). The van der Waals surface area contributed by atoms with Gasteiger partial charge in [0.05, 0.1) is 37.4 Å². The minimum Gasteiger partial charge on any atom is -0.456 e. The maximum atomic E-state index is 9.24. The molecule has 6 aromatic heterocycles. The van der Waals surface area contributed by atoms with E-state index in [1.165, 1.54) is 0 Å². The van der Waals surface area contributed by atoms with Crippen molar-refractivity contribution >= 4 is 155 Å². The van der Waals surface area contributed by atoms with Gasteiger partial charge in [-0.15, -0.1) is 22.7 Å². The number of thiophene rings is 2. The van der Waals surface area contributed by atoms with E-state index < -0.39 is 7.12 Å². The van der Waals surface area contributed by atoms with Gasteiger partial charge in [0.25, 0.3) is 0 Å². The molecule has 0 radical (unpaired) electrons. The van der Waals surface area contributed by atoms with E-state index in [2.05, 4.69) is 40.3 Å². The van der Waals surface area contributed by atoms with E-state index in [1.807, 2.05) is 140 Å². The summed E-state index contributed by atoms with van der Waals surface area (Å²) in [6, 6.07) is 59.3. The van der Waals surface area contributed by atoms with E-state index in [9.17, 15) is 10.0 Å². The van der Waals surface area contributed by atoms with Gasteiger partial charge in [-0.1, -0.05) is 151 Å². The van der Waals surface area contributed by atoms with Crippen molar-refractivity contribution in [1.82, 2.24) is 19.9 Å². The van der Waals surface area contributed by atoms with Crippen molar-refractivity contribution in [3.63, 3.8) is 0 Å². The highest BCUT2D eigenvalue weighted by Gasteiger charge is 2.21. The molecule has 0 fully saturated rings. The van der Waals surface area contributed by atoms with Gasteiger partial charge in [0.15, 0.2) is 5.82 Å². The Bertz CT molecular complexity index is 4290. The van der Waals surface area contributed by atoms with E-state index in [1.54, 1.807) is 34.8 Å². The van der Waals surface area contributed by atoms with Gasteiger partial charge in [-0.2, -0.15) is 0 Å². The number of fused-ring (bicyclic) bond motifs is 12. The lowest BCUT2D eigenvalue weighted by molar-refractivity contribution is 0.425. The minimum atomic E-state index is -1.51. The van der Waals surface area contributed by atoms with Crippen LogP contribution in [-0.4, -0.2) is 37.1 Å². The monoisotopic (exact) mass is 1000 g/mol. The summed E-state index contributed by atoms with van der Waals surface area (Å²) in [5.41, 5.74) is 9.87. The predicted octanol–water partition coefficient (Wildman–Crippen LogP) is 15.8. The van der Waals surface area contributed by atoms with E-state index >= 15 is 0 Å². The number of nitrogens with zero attached hydrogens (tertiary/aromatic N) is 4. The zero-order valence-electron chi connectivity index (χ0n) is 36.3. The van der Waals surface area contributed by atoms with Crippen molar-refractivity contribution in [1.29, 1.82) is 0 Å². The summed E-state index contributed by atoms with van der Waals surface area (Å²) in [5, 5.41) is 26.2. The van der Waals surface area contributed by atoms with Gasteiger partial charge >= 0.3 is 7.12 Å². The standard InChI is InChI=1S/C28H15ClN2OS.C16H8Cl2N2S.C12H9BO3/c29-17-13-14-23-21(15-17)25-27(33-23)24(16-7-2-1-3-8-16)30-28(31-25)20-11-6-10-19-18-9-4-5-12-22(18)32-26(19)20;17-10-6-7-12-11(8-10)14-15(21-12)13(19-16(18)20-14)9-4-2-1-3-5-9;14-13(15)10-6-3-5-9-8-4-1-2-7-11(8)16-12(9)10/h1-15H;1-8H;1-7,14-15H. The Morgan fingerprint density at radius 2 is 0.914 bits per heavy atom. The molecule has 14 heteroatoms. The van der Waals surface area contributed by atoms with Crippen LogP contribution in [0.2, 0.25) is 15.3 Å². The minimum absolute atomic E-state index is 0.251. The highest BCUT2D eigenvalue weighted by molar-refractivity contribution is 7.26. The fourth-order valence-electron chi connectivity index (χ4n) is 8.80. The van der Waals surface area contributed by atoms with Crippen molar-refractivity contribution in [2.45, 2.75) is 0 Å². The van der Waals surface area contributed by atoms with Crippen molar-refractivity contribution in [3.05, 3.63) is 197 Å². The Morgan fingerprint density at radius 1 is 0.429 bits per heavy atom. The highest BCUT2D eigenvalue weighted by Crippen LogP contribution is 2.43. The Balaban J connectivity index is 0.000000117. The van der Waals surface area contributed by atoms with E-state index in [0.717, 1.165) is 107 Å². The molecule has 8 nitrogen and oxygen atoms in total. The first kappa shape index (κ1) is 44.1. The number of hydrogen-bond acceptors (Lipinski definition) is 10. The number of halogens is 3. The molecule has 2 N–H and O–H groups in total. The predicted molar refractivity (Wildman–Crippen MR) is 292 cm³/mol. The molecular formula is C56H32BCl3N4O4S2. The van der Waals surface area contributed by atoms with Crippen LogP contribution in [0.1, 0.15) is 0 Å². The van der Waals surface area contributed by atoms with Gasteiger partial charge in [0.1, 0.15) is 22.3 Å². The van der Waals surface area contributed by atoms with Crippen molar-refractivity contribution in [2.24, 2.45) is 0 Å². The second-order valence-corrected chi connectivity index (χ2v) is 19.6. The van der Waals surface area contributed by atoms with Crippen LogP contribution in [0, 0.1) is 0 Å². The Morgan fingerprint density at radius 3 is 1.50 bits per heavy atom. The quantitative estimate of drug-likeness (QED) is 0.132. The van der Waals surface area contributed by atoms with Crippen molar-refractivity contribution in [2.75, 3.05) is 0 Å². The van der Waals surface area contributed by atoms with Gasteiger partial charge in [-0.3, -0.25) is 0 Å². The molecule has 0 aliphatic heterocycles. The van der Waals surface area contributed by atoms with Crippen LogP contribution < -0.4 is 5.46 Å². The third-order valence-electron chi connectivity index (χ3n) is 12.0. The first-order valence-corrected chi connectivity index (χ1v) is 24.8. The molecule has 0 atom stereocenters. The number of rotatable bonds is 4. The molecule has 6 heterocycles. The third-order valence-corrected chi connectivity index (χ3v) is 14.9. The molecule has 0 unspecified atom stereocenters. The molecule has 336 valence electrons. The molecule has 0 bridgehead atoms. The second kappa shape index (κ2) is 18.3. The fourth-order valence-corrected chi connectivity index (χ4v) is 11.6. The molecule has 0 saturated heterocycles. The van der Waals surface area contributed by atoms with Gasteiger partial charge in [-0.05, 0) is 66.2 Å². The van der Waals surface area contributed by atoms with Gasteiger partial charge < -0.3 is 18.9 Å². The van der Waals surface area contributed by atoms with Crippen LogP contribution in [0.5, 0.6) is 0 Å². The molecule has 14 aromatic rings. The summed E-state index contributed by atoms with van der Waals surface area (Å²) in [5.74, 6) is 0.644. The van der Waals surface area contributed by atoms with Crippen LogP contribution in [-0.2, 0) is 0 Å². The topological polar surface area (TPSA) is 118 Å². The normalized spacial score (nSPS) is 11.5. The van der Waals surface area contributed by atoms with Crippen LogP contribution in [0.4, 0.5) is 0 Å². The lowest BCUT2D eigenvalue weighted by Gasteiger charge is -2.07. The Labute approximate surface area is 421 Å². The van der Waals surface area contributed by atoms with Crippen LogP contribution in [0.25, 0.3) is 118 Å². The summed E-state index contributed by atoms with van der Waals surface area (Å²) in [4.78, 5) is 19.0. The number of para-hydroxylation sites is 4. The van der Waals surface area contributed by atoms with Crippen LogP contribution >= 0.6 is 57.5 Å². The van der Waals surface area contributed by atoms with E-state index in [4.69, 9.17) is 53.6 Å². The van der Waals surface area contributed by atoms with Crippen molar-refractivity contribution < 1.29 is 18.9 Å². The zero-order chi connectivity index (χ0) is 47.5. The van der Waals surface area contributed by atoms with Crippen molar-refractivity contribution in [3.8, 4) is 33.9 Å². The summed E-state index contributed by atoms with van der Waals surface area (Å²) in [7, 11) is -1.51. The number of aromatic nitrogens is 4. The van der Waals surface area contributed by atoms with E-state index in [-0.39, 0.29) is 5.28 Å². The number of furan rings is 2. The lowest BCUT2D eigenvalue weighted by atomic mass is 9.79. The summed E-state index contributed by atoms with van der Waals surface area (Å²) in [6.07, 6.45) is 0. The largest absolute Gasteiger partial charge is 0.492 e. The average Bonchev–Trinajstić information content (AvgIpc) is 4.17. The molecule has 0 aliphatic carbocycles. The first-order valence-electron chi connectivity index (χ1n) is 22.0. The van der Waals surface area contributed by atoms with Gasteiger partial charge in [0.2, 0.25) is 5.28 Å². The summed E-state index contributed by atoms with van der Waals surface area (Å²) < 4.78 is 16.3. The van der Waals surface area contributed by atoms with E-state index in [0.29, 0.717) is 26.9 Å². The fraction of sp³-hybridized carbons (Fsp3) is 0. The Hall–Kier alpha value is -7.19. The van der Waals surface area contributed by atoms with Gasteiger partial charge in [-0.25, -0.2) is 19.9 Å². The molecule has 8 aromatic carbocycles. The lowest BCUT2D eigenvalue weighted by Crippen LogP contribution is -2.29.